The number of amides is 1. The molecule has 1 atom stereocenters. The van der Waals surface area contributed by atoms with Gasteiger partial charge in [0.2, 0.25) is 0 Å². The van der Waals surface area contributed by atoms with E-state index < -0.39 is 23.7 Å². The van der Waals surface area contributed by atoms with Crippen LogP contribution in [-0.2, 0) is 6.18 Å². The zero-order valence-corrected chi connectivity index (χ0v) is 13.8. The molecule has 4 nitrogen and oxygen atoms in total. The highest BCUT2D eigenvalue weighted by atomic mass is 32.1. The van der Waals surface area contributed by atoms with Crippen LogP contribution in [0.2, 0.25) is 0 Å². The molecular weight excluding hydrogens is 353 g/mol. The van der Waals surface area contributed by atoms with Gasteiger partial charge in [0.25, 0.3) is 5.91 Å². The van der Waals surface area contributed by atoms with E-state index in [2.05, 4.69) is 10.5 Å². The van der Waals surface area contributed by atoms with E-state index in [4.69, 9.17) is 4.52 Å². The van der Waals surface area contributed by atoms with Gasteiger partial charge in [0.05, 0.1) is 16.5 Å². The van der Waals surface area contributed by atoms with Gasteiger partial charge in [-0.3, -0.25) is 4.79 Å². The van der Waals surface area contributed by atoms with E-state index in [1.165, 1.54) is 29.5 Å². The van der Waals surface area contributed by atoms with Gasteiger partial charge < -0.3 is 9.84 Å². The third-order valence-electron chi connectivity index (χ3n) is 3.57. The van der Waals surface area contributed by atoms with Gasteiger partial charge in [-0.25, -0.2) is 0 Å². The third-order valence-corrected chi connectivity index (χ3v) is 4.45. The highest BCUT2D eigenvalue weighted by molar-refractivity contribution is 7.13. The number of thiophene rings is 1. The molecule has 1 N–H and O–H groups in total. The molecule has 3 rings (SSSR count). The minimum Gasteiger partial charge on any atom is -0.355 e. The molecule has 25 heavy (non-hydrogen) atoms. The number of halogens is 3. The average molecular weight is 366 g/mol. The van der Waals surface area contributed by atoms with Crippen LogP contribution >= 0.6 is 11.3 Å². The topological polar surface area (TPSA) is 55.1 Å². The third kappa shape index (κ3) is 3.90. The Hall–Kier alpha value is -2.61. The second-order valence-corrected chi connectivity index (χ2v) is 6.32. The first-order chi connectivity index (χ1) is 11.8. The molecule has 0 radical (unpaired) electrons. The number of hydrogen-bond acceptors (Lipinski definition) is 4. The number of carbonyl (C=O) groups is 1. The van der Waals surface area contributed by atoms with E-state index in [1.54, 1.807) is 6.92 Å². The highest BCUT2D eigenvalue weighted by Crippen LogP contribution is 2.31. The van der Waals surface area contributed by atoms with Gasteiger partial charge in [0, 0.05) is 6.07 Å². The summed E-state index contributed by atoms with van der Waals surface area (Å²) in [6, 6.07) is 9.41. The molecule has 0 saturated heterocycles. The number of nitrogens with zero attached hydrogens (tertiary/aromatic N) is 1. The summed E-state index contributed by atoms with van der Waals surface area (Å²) >= 11 is 1.44. The van der Waals surface area contributed by atoms with Crippen molar-refractivity contribution in [3.05, 3.63) is 64.7 Å². The molecule has 0 spiro atoms. The average Bonchev–Trinajstić information content (AvgIpc) is 3.25. The summed E-state index contributed by atoms with van der Waals surface area (Å²) in [5.74, 6) is -0.0525. The van der Waals surface area contributed by atoms with E-state index in [9.17, 15) is 18.0 Å². The second kappa shape index (κ2) is 6.72. The van der Waals surface area contributed by atoms with E-state index >= 15 is 0 Å². The van der Waals surface area contributed by atoms with Crippen molar-refractivity contribution in [2.45, 2.75) is 19.1 Å². The van der Waals surface area contributed by atoms with Crippen molar-refractivity contribution in [3.8, 4) is 10.6 Å². The van der Waals surface area contributed by atoms with Gasteiger partial charge in [-0.05, 0) is 36.1 Å². The standard InChI is InChI=1S/C17H13F3N2O2S/c1-10(11-4-2-5-12(8-11)17(18,19)20)21-16(23)13-9-14(24-22-13)15-6-3-7-25-15/h2-10H,1H3,(H,21,23). The summed E-state index contributed by atoms with van der Waals surface area (Å²) in [5.41, 5.74) is -0.333. The highest BCUT2D eigenvalue weighted by Gasteiger charge is 2.30. The second-order valence-electron chi connectivity index (χ2n) is 5.37. The first-order valence-corrected chi connectivity index (χ1v) is 8.21. The van der Waals surface area contributed by atoms with Gasteiger partial charge in [-0.2, -0.15) is 13.2 Å². The lowest BCUT2D eigenvalue weighted by Gasteiger charge is -2.15. The van der Waals surface area contributed by atoms with Gasteiger partial charge in [-0.15, -0.1) is 11.3 Å². The molecule has 0 aliphatic rings. The number of carbonyl (C=O) groups excluding carboxylic acids is 1. The molecule has 1 amide bonds. The van der Waals surface area contributed by atoms with Crippen molar-refractivity contribution in [1.29, 1.82) is 0 Å². The van der Waals surface area contributed by atoms with Crippen LogP contribution in [0, 0.1) is 0 Å². The Morgan fingerprint density at radius 3 is 2.72 bits per heavy atom. The smallest absolute Gasteiger partial charge is 0.355 e. The van der Waals surface area contributed by atoms with Gasteiger partial charge in [0.15, 0.2) is 11.5 Å². The molecule has 8 heteroatoms. The van der Waals surface area contributed by atoms with Crippen molar-refractivity contribution in [2.75, 3.05) is 0 Å². The molecular formula is C17H13F3N2O2S. The first kappa shape index (κ1) is 17.2. The molecule has 3 aromatic rings. The minimum absolute atomic E-state index is 0.0715. The minimum atomic E-state index is -4.43. The number of hydrogen-bond donors (Lipinski definition) is 1. The SMILES string of the molecule is CC(NC(=O)c1cc(-c2cccs2)on1)c1cccc(C(F)(F)F)c1. The summed E-state index contributed by atoms with van der Waals surface area (Å²) < 4.78 is 43.5. The summed E-state index contributed by atoms with van der Waals surface area (Å²) in [7, 11) is 0. The van der Waals surface area contributed by atoms with Crippen molar-refractivity contribution in [1.82, 2.24) is 10.5 Å². The number of nitrogens with one attached hydrogen (secondary N) is 1. The molecule has 2 heterocycles. The molecule has 130 valence electrons. The zero-order valence-electron chi connectivity index (χ0n) is 13.0. The number of rotatable bonds is 4. The fraction of sp³-hybridized carbons (Fsp3) is 0.176. The fourth-order valence-electron chi connectivity index (χ4n) is 2.26. The molecule has 2 aromatic heterocycles. The van der Waals surface area contributed by atoms with Crippen molar-refractivity contribution in [2.24, 2.45) is 0 Å². The maximum atomic E-state index is 12.8. The lowest BCUT2D eigenvalue weighted by atomic mass is 10.0. The van der Waals surface area contributed by atoms with Gasteiger partial charge in [0.1, 0.15) is 0 Å². The van der Waals surface area contributed by atoms with Gasteiger partial charge >= 0.3 is 6.18 Å². The van der Waals surface area contributed by atoms with E-state index in [1.807, 2.05) is 17.5 Å². The molecule has 1 aromatic carbocycles. The molecule has 0 aliphatic carbocycles. The van der Waals surface area contributed by atoms with Crippen LogP contribution in [0.1, 0.15) is 34.6 Å². The Morgan fingerprint density at radius 2 is 2.04 bits per heavy atom. The first-order valence-electron chi connectivity index (χ1n) is 7.33. The molecule has 0 bridgehead atoms. The van der Waals surface area contributed by atoms with Crippen molar-refractivity contribution < 1.29 is 22.5 Å². The summed E-state index contributed by atoms with van der Waals surface area (Å²) in [6.45, 7) is 1.60. The Bertz CT molecular complexity index is 872. The normalized spacial score (nSPS) is 12.8. The van der Waals surface area contributed by atoms with Crippen LogP contribution in [-0.4, -0.2) is 11.1 Å². The van der Waals surface area contributed by atoms with E-state index in [0.717, 1.165) is 17.0 Å². The Kier molecular flexibility index (Phi) is 4.63. The van der Waals surface area contributed by atoms with Crippen LogP contribution in [0.5, 0.6) is 0 Å². The van der Waals surface area contributed by atoms with Crippen molar-refractivity contribution >= 4 is 17.2 Å². The Labute approximate surface area is 145 Å². The predicted octanol–water partition coefficient (Wildman–Crippen LogP) is 4.91. The predicted molar refractivity (Wildman–Crippen MR) is 87.1 cm³/mol. The Morgan fingerprint density at radius 1 is 1.24 bits per heavy atom. The van der Waals surface area contributed by atoms with Crippen molar-refractivity contribution in [3.63, 3.8) is 0 Å². The number of benzene rings is 1. The largest absolute Gasteiger partial charge is 0.416 e. The lowest BCUT2D eigenvalue weighted by molar-refractivity contribution is -0.137. The van der Waals surface area contributed by atoms with Crippen LogP contribution in [0.3, 0.4) is 0 Å². The monoisotopic (exact) mass is 366 g/mol. The zero-order chi connectivity index (χ0) is 18.0. The van der Waals surface area contributed by atoms with E-state index in [-0.39, 0.29) is 5.69 Å². The van der Waals surface area contributed by atoms with Crippen LogP contribution in [0.15, 0.2) is 52.4 Å². The molecule has 0 saturated carbocycles. The molecule has 0 fully saturated rings. The van der Waals surface area contributed by atoms with Crippen LogP contribution < -0.4 is 5.32 Å². The summed E-state index contributed by atoms with van der Waals surface area (Å²) in [5, 5.41) is 8.21. The van der Waals surface area contributed by atoms with E-state index in [0.29, 0.717) is 11.3 Å². The van der Waals surface area contributed by atoms with Crippen LogP contribution in [0.4, 0.5) is 13.2 Å². The van der Waals surface area contributed by atoms with Crippen LogP contribution in [0.25, 0.3) is 10.6 Å². The number of aromatic nitrogens is 1. The summed E-state index contributed by atoms with van der Waals surface area (Å²) in [4.78, 5) is 13.1. The summed E-state index contributed by atoms with van der Waals surface area (Å²) in [6.07, 6.45) is -4.43. The maximum Gasteiger partial charge on any atom is 0.416 e. The molecule has 0 aliphatic heterocycles. The lowest BCUT2D eigenvalue weighted by Crippen LogP contribution is -2.27. The molecule has 1 unspecified atom stereocenters. The quantitative estimate of drug-likeness (QED) is 0.714. The maximum absolute atomic E-state index is 12.8. The fourth-order valence-corrected chi connectivity index (χ4v) is 2.93. The Balaban J connectivity index is 1.73. The number of alkyl halides is 3. The van der Waals surface area contributed by atoms with Gasteiger partial charge in [-0.1, -0.05) is 23.4 Å².